The molecule has 0 radical (unpaired) electrons. The van der Waals surface area contributed by atoms with Crippen LogP contribution in [0.3, 0.4) is 0 Å². The van der Waals surface area contributed by atoms with Gasteiger partial charge in [0.05, 0.1) is 11.0 Å². The summed E-state index contributed by atoms with van der Waals surface area (Å²) in [6.07, 6.45) is 3.46. The van der Waals surface area contributed by atoms with Crippen LogP contribution in [0.4, 0.5) is 10.1 Å². The average molecular weight is 282 g/mol. The second kappa shape index (κ2) is 6.76. The maximum Gasteiger partial charge on any atom is 0.305 e. The fourth-order valence-corrected chi connectivity index (χ4v) is 2.70. The van der Waals surface area contributed by atoms with Gasteiger partial charge >= 0.3 is 5.69 Å². The number of aliphatic hydroxyl groups excluding tert-OH is 1. The van der Waals surface area contributed by atoms with Crippen LogP contribution in [0.15, 0.2) is 18.2 Å². The van der Waals surface area contributed by atoms with Crippen LogP contribution in [0, 0.1) is 21.8 Å². The van der Waals surface area contributed by atoms with Crippen molar-refractivity contribution in [3.63, 3.8) is 0 Å². The Bertz CT molecular complexity index is 481. The minimum atomic E-state index is -0.770. The van der Waals surface area contributed by atoms with Gasteiger partial charge in [0.25, 0.3) is 0 Å². The van der Waals surface area contributed by atoms with Crippen LogP contribution in [-0.2, 0) is 6.54 Å². The number of nitro benzene ring substituents is 1. The van der Waals surface area contributed by atoms with Crippen molar-refractivity contribution in [1.29, 1.82) is 0 Å². The lowest BCUT2D eigenvalue weighted by Gasteiger charge is -2.26. The summed E-state index contributed by atoms with van der Waals surface area (Å²) < 4.78 is 13.8. The van der Waals surface area contributed by atoms with Gasteiger partial charge in [0.15, 0.2) is 0 Å². The first-order chi connectivity index (χ1) is 9.58. The normalized spacial score (nSPS) is 22.7. The van der Waals surface area contributed by atoms with Gasteiger partial charge in [0, 0.05) is 18.2 Å². The molecule has 0 aliphatic heterocycles. The molecule has 1 fully saturated rings. The molecule has 0 bridgehead atoms. The van der Waals surface area contributed by atoms with E-state index < -0.39 is 16.4 Å². The third-order valence-corrected chi connectivity index (χ3v) is 3.76. The summed E-state index contributed by atoms with van der Waals surface area (Å²) >= 11 is 0. The first-order valence-electron chi connectivity index (χ1n) is 6.88. The van der Waals surface area contributed by atoms with E-state index in [0.717, 1.165) is 31.7 Å². The molecule has 1 aliphatic carbocycles. The van der Waals surface area contributed by atoms with E-state index in [9.17, 15) is 19.6 Å². The van der Waals surface area contributed by atoms with E-state index in [1.807, 2.05) is 0 Å². The minimum Gasteiger partial charge on any atom is -0.393 e. The zero-order valence-corrected chi connectivity index (χ0v) is 11.2. The molecule has 2 atom stereocenters. The number of benzene rings is 1. The number of nitrogens with one attached hydrogen (secondary N) is 1. The molecule has 1 aromatic carbocycles. The van der Waals surface area contributed by atoms with Crippen LogP contribution in [0.25, 0.3) is 0 Å². The Morgan fingerprint density at radius 1 is 1.45 bits per heavy atom. The summed E-state index contributed by atoms with van der Waals surface area (Å²) in [5, 5.41) is 23.3. The third-order valence-electron chi connectivity index (χ3n) is 3.76. The molecule has 2 rings (SSSR count). The standard InChI is InChI=1S/C14H19FN2O3/c15-14-11(4-2-6-13(14)17(19)20)9-16-8-10-3-1-5-12(18)7-10/h2,4,6,10,12,16,18H,1,3,5,7-9H2. The van der Waals surface area contributed by atoms with Crippen molar-refractivity contribution < 1.29 is 14.4 Å². The average Bonchev–Trinajstić information content (AvgIpc) is 2.40. The van der Waals surface area contributed by atoms with E-state index in [1.165, 1.54) is 6.07 Å². The summed E-state index contributed by atoms with van der Waals surface area (Å²) in [5.74, 6) is -0.380. The zero-order valence-electron chi connectivity index (χ0n) is 11.2. The molecule has 20 heavy (non-hydrogen) atoms. The Labute approximate surface area is 117 Å². The van der Waals surface area contributed by atoms with Gasteiger partial charge in [-0.2, -0.15) is 4.39 Å². The van der Waals surface area contributed by atoms with Crippen molar-refractivity contribution in [2.45, 2.75) is 38.3 Å². The number of halogens is 1. The van der Waals surface area contributed by atoms with E-state index >= 15 is 0 Å². The quantitative estimate of drug-likeness (QED) is 0.642. The monoisotopic (exact) mass is 282 g/mol. The molecule has 1 aliphatic rings. The molecule has 0 heterocycles. The molecule has 2 unspecified atom stereocenters. The van der Waals surface area contributed by atoms with Crippen LogP contribution in [-0.4, -0.2) is 22.7 Å². The molecule has 5 nitrogen and oxygen atoms in total. The van der Waals surface area contributed by atoms with Gasteiger partial charge in [-0.1, -0.05) is 18.6 Å². The minimum absolute atomic E-state index is 0.231. The molecule has 0 aromatic heterocycles. The highest BCUT2D eigenvalue weighted by molar-refractivity contribution is 5.36. The zero-order chi connectivity index (χ0) is 14.5. The number of hydrogen-bond donors (Lipinski definition) is 2. The number of nitrogens with zero attached hydrogens (tertiary/aromatic N) is 1. The molecule has 0 spiro atoms. The van der Waals surface area contributed by atoms with E-state index in [1.54, 1.807) is 6.07 Å². The van der Waals surface area contributed by atoms with E-state index in [4.69, 9.17) is 0 Å². The van der Waals surface area contributed by atoms with Gasteiger partial charge < -0.3 is 10.4 Å². The molecule has 2 N–H and O–H groups in total. The molecule has 0 amide bonds. The summed E-state index contributed by atoms with van der Waals surface area (Å²) in [4.78, 5) is 9.94. The van der Waals surface area contributed by atoms with Crippen molar-refractivity contribution in [3.8, 4) is 0 Å². The highest BCUT2D eigenvalue weighted by Gasteiger charge is 2.20. The van der Waals surface area contributed by atoms with Crippen LogP contribution < -0.4 is 5.32 Å². The maximum atomic E-state index is 13.8. The lowest BCUT2D eigenvalue weighted by atomic mass is 9.87. The van der Waals surface area contributed by atoms with E-state index in [2.05, 4.69) is 5.32 Å². The van der Waals surface area contributed by atoms with Crippen molar-refractivity contribution in [2.24, 2.45) is 5.92 Å². The van der Waals surface area contributed by atoms with Crippen LogP contribution in [0.5, 0.6) is 0 Å². The van der Waals surface area contributed by atoms with Crippen molar-refractivity contribution in [1.82, 2.24) is 5.32 Å². The second-order valence-electron chi connectivity index (χ2n) is 5.32. The fourth-order valence-electron chi connectivity index (χ4n) is 2.70. The summed E-state index contributed by atoms with van der Waals surface area (Å²) in [7, 11) is 0. The fraction of sp³-hybridized carbons (Fsp3) is 0.571. The maximum absolute atomic E-state index is 13.8. The topological polar surface area (TPSA) is 75.4 Å². The molecule has 110 valence electrons. The Morgan fingerprint density at radius 2 is 2.25 bits per heavy atom. The lowest BCUT2D eigenvalue weighted by molar-refractivity contribution is -0.387. The highest BCUT2D eigenvalue weighted by atomic mass is 19.1. The summed E-state index contributed by atoms with van der Waals surface area (Å²) in [6.45, 7) is 0.958. The largest absolute Gasteiger partial charge is 0.393 e. The smallest absolute Gasteiger partial charge is 0.305 e. The Kier molecular flexibility index (Phi) is 5.03. The lowest BCUT2D eigenvalue weighted by Crippen LogP contribution is -2.29. The predicted octanol–water partition coefficient (Wildman–Crippen LogP) is 2.37. The molecule has 1 saturated carbocycles. The Morgan fingerprint density at radius 3 is 2.95 bits per heavy atom. The second-order valence-corrected chi connectivity index (χ2v) is 5.32. The van der Waals surface area contributed by atoms with Gasteiger partial charge in [-0.3, -0.25) is 10.1 Å². The molecular weight excluding hydrogens is 263 g/mol. The molecule has 1 aromatic rings. The van der Waals surface area contributed by atoms with E-state index in [-0.39, 0.29) is 12.6 Å². The number of rotatable bonds is 5. The SMILES string of the molecule is O=[N+]([O-])c1cccc(CNCC2CCCC(O)C2)c1F. The number of hydrogen-bond acceptors (Lipinski definition) is 4. The van der Waals surface area contributed by atoms with Gasteiger partial charge in [-0.05, 0) is 31.7 Å². The van der Waals surface area contributed by atoms with Gasteiger partial charge in [-0.15, -0.1) is 0 Å². The predicted molar refractivity (Wildman–Crippen MR) is 72.7 cm³/mol. The van der Waals surface area contributed by atoms with Crippen LogP contribution in [0.1, 0.15) is 31.2 Å². The van der Waals surface area contributed by atoms with Crippen LogP contribution >= 0.6 is 0 Å². The van der Waals surface area contributed by atoms with Crippen molar-refractivity contribution >= 4 is 5.69 Å². The molecule has 6 heteroatoms. The first kappa shape index (κ1) is 14.9. The van der Waals surface area contributed by atoms with Gasteiger partial charge in [0.2, 0.25) is 5.82 Å². The van der Waals surface area contributed by atoms with Crippen molar-refractivity contribution in [2.75, 3.05) is 6.54 Å². The number of aliphatic hydroxyl groups is 1. The van der Waals surface area contributed by atoms with Gasteiger partial charge in [0.1, 0.15) is 0 Å². The van der Waals surface area contributed by atoms with E-state index in [0.29, 0.717) is 18.0 Å². The Hall–Kier alpha value is -1.53. The first-order valence-corrected chi connectivity index (χ1v) is 6.88. The molecular formula is C14H19FN2O3. The highest BCUT2D eigenvalue weighted by Crippen LogP contribution is 2.24. The van der Waals surface area contributed by atoms with Crippen molar-refractivity contribution in [3.05, 3.63) is 39.7 Å². The summed E-state index contributed by atoms with van der Waals surface area (Å²) in [5.41, 5.74) is -0.187. The van der Waals surface area contributed by atoms with Crippen LogP contribution in [0.2, 0.25) is 0 Å². The van der Waals surface area contributed by atoms with Gasteiger partial charge in [-0.25, -0.2) is 0 Å². The summed E-state index contributed by atoms with van der Waals surface area (Å²) in [6, 6.07) is 4.20. The Balaban J connectivity index is 1.88. The molecule has 0 saturated heterocycles. The third kappa shape index (κ3) is 3.74. The number of nitro groups is 1.